The summed E-state index contributed by atoms with van der Waals surface area (Å²) in [5.41, 5.74) is 2.65. The van der Waals surface area contributed by atoms with Gasteiger partial charge in [0.15, 0.2) is 10.9 Å². The molecule has 4 N–H and O–H groups in total. The van der Waals surface area contributed by atoms with Crippen LogP contribution in [0.15, 0.2) is 26.6 Å². The molecule has 2 aromatic rings. The standard InChI is InChI=1S/C12H15N5O3S/c1-2-3-7-4-10(18)15-12(14-7)21-6-8-5-9(17-20-8)11(19)16-13/h4-5H,2-3,6,13H2,1H3,(H,16,19)(H,14,15,18). The summed E-state index contributed by atoms with van der Waals surface area (Å²) in [5.74, 6) is 5.36. The zero-order chi connectivity index (χ0) is 15.2. The van der Waals surface area contributed by atoms with Gasteiger partial charge in [-0.3, -0.25) is 15.0 Å². The van der Waals surface area contributed by atoms with Crippen LogP contribution in [0.4, 0.5) is 0 Å². The Morgan fingerprint density at radius 1 is 1.52 bits per heavy atom. The molecule has 0 aliphatic heterocycles. The first-order valence-corrected chi connectivity index (χ1v) is 7.30. The topological polar surface area (TPSA) is 127 Å². The number of thioether (sulfide) groups is 1. The first kappa shape index (κ1) is 15.3. The molecule has 0 radical (unpaired) electrons. The summed E-state index contributed by atoms with van der Waals surface area (Å²) in [4.78, 5) is 29.7. The second kappa shape index (κ2) is 7.04. The number of rotatable bonds is 6. The molecule has 2 rings (SSSR count). The fraction of sp³-hybridized carbons (Fsp3) is 0.333. The maximum Gasteiger partial charge on any atom is 0.287 e. The van der Waals surface area contributed by atoms with Gasteiger partial charge in [-0.25, -0.2) is 10.8 Å². The molecule has 0 spiro atoms. The van der Waals surface area contributed by atoms with E-state index in [0.29, 0.717) is 16.7 Å². The number of aromatic nitrogens is 3. The Labute approximate surface area is 124 Å². The number of H-pyrrole nitrogens is 1. The molecule has 0 atom stereocenters. The van der Waals surface area contributed by atoms with Crippen LogP contribution < -0.4 is 16.8 Å². The Kier molecular flexibility index (Phi) is 5.12. The second-order valence-corrected chi connectivity index (χ2v) is 5.20. The summed E-state index contributed by atoms with van der Waals surface area (Å²) in [6.07, 6.45) is 1.67. The van der Waals surface area contributed by atoms with E-state index >= 15 is 0 Å². The lowest BCUT2D eigenvalue weighted by Gasteiger charge is -2.01. The minimum atomic E-state index is -0.522. The van der Waals surface area contributed by atoms with Gasteiger partial charge < -0.3 is 9.51 Å². The molecule has 0 saturated heterocycles. The number of amides is 1. The minimum absolute atomic E-state index is 0.106. The van der Waals surface area contributed by atoms with Gasteiger partial charge in [0.25, 0.3) is 11.5 Å². The van der Waals surface area contributed by atoms with Crippen LogP contribution in [-0.4, -0.2) is 21.0 Å². The molecule has 112 valence electrons. The average Bonchev–Trinajstić information content (AvgIpc) is 2.93. The van der Waals surface area contributed by atoms with Crippen LogP contribution in [0.2, 0.25) is 0 Å². The number of aromatic amines is 1. The van der Waals surface area contributed by atoms with Gasteiger partial charge in [-0.05, 0) is 6.42 Å². The highest BCUT2D eigenvalue weighted by Crippen LogP contribution is 2.19. The lowest BCUT2D eigenvalue weighted by atomic mass is 10.2. The summed E-state index contributed by atoms with van der Waals surface area (Å²) >= 11 is 1.30. The van der Waals surface area contributed by atoms with Crippen molar-refractivity contribution < 1.29 is 9.32 Å². The average molecular weight is 309 g/mol. The third-order valence-corrected chi connectivity index (χ3v) is 3.45. The molecule has 0 bridgehead atoms. The van der Waals surface area contributed by atoms with Gasteiger partial charge >= 0.3 is 0 Å². The Morgan fingerprint density at radius 2 is 2.33 bits per heavy atom. The molecule has 0 aliphatic rings. The summed E-state index contributed by atoms with van der Waals surface area (Å²) in [5, 5.41) is 4.10. The van der Waals surface area contributed by atoms with Crippen LogP contribution in [-0.2, 0) is 12.2 Å². The number of hydrogen-bond acceptors (Lipinski definition) is 7. The van der Waals surface area contributed by atoms with Crippen LogP contribution in [0.25, 0.3) is 0 Å². The molecule has 2 heterocycles. The van der Waals surface area contributed by atoms with E-state index in [1.807, 2.05) is 12.3 Å². The molecule has 0 aliphatic carbocycles. The molecule has 1 amide bonds. The Balaban J connectivity index is 2.04. The Hall–Kier alpha value is -2.13. The fourth-order valence-corrected chi connectivity index (χ4v) is 2.41. The van der Waals surface area contributed by atoms with Crippen molar-refractivity contribution in [3.05, 3.63) is 39.6 Å². The third kappa shape index (κ3) is 4.17. The smallest absolute Gasteiger partial charge is 0.287 e. The highest BCUT2D eigenvalue weighted by molar-refractivity contribution is 7.98. The summed E-state index contributed by atoms with van der Waals surface area (Å²) in [6, 6.07) is 2.98. The number of hydrogen-bond donors (Lipinski definition) is 3. The van der Waals surface area contributed by atoms with Gasteiger partial charge in [0.05, 0.1) is 5.75 Å². The number of aryl methyl sites for hydroxylation is 1. The van der Waals surface area contributed by atoms with Crippen molar-refractivity contribution >= 4 is 17.7 Å². The van der Waals surface area contributed by atoms with E-state index in [-0.39, 0.29) is 11.3 Å². The molecule has 0 unspecified atom stereocenters. The Bertz CT molecular complexity index is 682. The van der Waals surface area contributed by atoms with Crippen LogP contribution in [0.3, 0.4) is 0 Å². The lowest BCUT2D eigenvalue weighted by molar-refractivity contribution is 0.0944. The van der Waals surface area contributed by atoms with Crippen molar-refractivity contribution in [3.63, 3.8) is 0 Å². The maximum atomic E-state index is 11.5. The fourth-order valence-electron chi connectivity index (χ4n) is 1.64. The number of nitrogen functional groups attached to an aromatic ring is 1. The SMILES string of the molecule is CCCc1cc(=O)[nH]c(SCc2cc(C(=O)NN)no2)n1. The molecule has 8 nitrogen and oxygen atoms in total. The van der Waals surface area contributed by atoms with E-state index in [1.54, 1.807) is 0 Å². The predicted octanol–water partition coefficient (Wildman–Crippen LogP) is 0.606. The number of nitrogens with two attached hydrogens (primary N) is 1. The summed E-state index contributed by atoms with van der Waals surface area (Å²) in [7, 11) is 0. The molecule has 0 aromatic carbocycles. The molecule has 0 fully saturated rings. The summed E-state index contributed by atoms with van der Waals surface area (Å²) in [6.45, 7) is 2.02. The van der Waals surface area contributed by atoms with Gasteiger partial charge in [0.2, 0.25) is 0 Å². The molecular formula is C12H15N5O3S. The first-order chi connectivity index (χ1) is 10.1. The van der Waals surface area contributed by atoms with Crippen molar-refractivity contribution in [2.24, 2.45) is 5.84 Å². The maximum absolute atomic E-state index is 11.5. The van der Waals surface area contributed by atoms with E-state index in [0.717, 1.165) is 18.5 Å². The highest BCUT2D eigenvalue weighted by Gasteiger charge is 2.12. The summed E-state index contributed by atoms with van der Waals surface area (Å²) < 4.78 is 5.01. The monoisotopic (exact) mass is 309 g/mol. The molecule has 21 heavy (non-hydrogen) atoms. The van der Waals surface area contributed by atoms with E-state index < -0.39 is 5.91 Å². The van der Waals surface area contributed by atoms with Gasteiger partial charge in [-0.2, -0.15) is 0 Å². The normalized spacial score (nSPS) is 10.6. The lowest BCUT2D eigenvalue weighted by Crippen LogP contribution is -2.30. The molecular weight excluding hydrogens is 294 g/mol. The highest BCUT2D eigenvalue weighted by atomic mass is 32.2. The number of carbonyl (C=O) groups is 1. The number of nitrogens with zero attached hydrogens (tertiary/aromatic N) is 2. The molecule has 2 aromatic heterocycles. The second-order valence-electron chi connectivity index (χ2n) is 4.23. The van der Waals surface area contributed by atoms with E-state index in [1.165, 1.54) is 23.9 Å². The van der Waals surface area contributed by atoms with E-state index in [4.69, 9.17) is 10.4 Å². The van der Waals surface area contributed by atoms with Crippen molar-refractivity contribution in [3.8, 4) is 0 Å². The minimum Gasteiger partial charge on any atom is -0.360 e. The van der Waals surface area contributed by atoms with Gasteiger partial charge in [-0.15, -0.1) is 0 Å². The van der Waals surface area contributed by atoms with Gasteiger partial charge in [0, 0.05) is 17.8 Å². The quantitative estimate of drug-likeness (QED) is 0.234. The van der Waals surface area contributed by atoms with Crippen molar-refractivity contribution in [1.29, 1.82) is 0 Å². The number of carbonyl (C=O) groups excluding carboxylic acids is 1. The zero-order valence-corrected chi connectivity index (χ0v) is 12.2. The third-order valence-electron chi connectivity index (χ3n) is 2.55. The van der Waals surface area contributed by atoms with Crippen LogP contribution in [0.5, 0.6) is 0 Å². The van der Waals surface area contributed by atoms with Crippen molar-refractivity contribution in [1.82, 2.24) is 20.6 Å². The van der Waals surface area contributed by atoms with Crippen LogP contribution in [0, 0.1) is 0 Å². The zero-order valence-electron chi connectivity index (χ0n) is 11.4. The van der Waals surface area contributed by atoms with Gasteiger partial charge in [-0.1, -0.05) is 30.3 Å². The van der Waals surface area contributed by atoms with E-state index in [9.17, 15) is 9.59 Å². The van der Waals surface area contributed by atoms with E-state index in [2.05, 4.69) is 15.1 Å². The van der Waals surface area contributed by atoms with Crippen LogP contribution in [0.1, 0.15) is 35.3 Å². The van der Waals surface area contributed by atoms with Crippen molar-refractivity contribution in [2.45, 2.75) is 30.7 Å². The molecule has 0 saturated carbocycles. The number of nitrogens with one attached hydrogen (secondary N) is 2. The van der Waals surface area contributed by atoms with Crippen molar-refractivity contribution in [2.75, 3.05) is 0 Å². The van der Waals surface area contributed by atoms with Gasteiger partial charge in [0.1, 0.15) is 5.76 Å². The van der Waals surface area contributed by atoms with Crippen LogP contribution >= 0.6 is 11.8 Å². The number of hydrazine groups is 1. The Morgan fingerprint density at radius 3 is 3.05 bits per heavy atom. The molecule has 9 heteroatoms. The predicted molar refractivity (Wildman–Crippen MR) is 76.6 cm³/mol. The first-order valence-electron chi connectivity index (χ1n) is 6.32. The largest absolute Gasteiger partial charge is 0.360 e.